The van der Waals surface area contributed by atoms with Crippen molar-refractivity contribution in [2.45, 2.75) is 57.6 Å². The number of sulfonamides is 1. The van der Waals surface area contributed by atoms with Gasteiger partial charge in [-0.3, -0.25) is 13.9 Å². The van der Waals surface area contributed by atoms with Crippen LogP contribution in [0.1, 0.15) is 38.3 Å². The lowest BCUT2D eigenvalue weighted by molar-refractivity contribution is -0.139. The van der Waals surface area contributed by atoms with E-state index in [4.69, 9.17) is 34.8 Å². The fourth-order valence-corrected chi connectivity index (χ4v) is 5.80. The molecule has 40 heavy (non-hydrogen) atoms. The van der Waals surface area contributed by atoms with Crippen LogP contribution >= 0.6 is 34.8 Å². The lowest BCUT2D eigenvalue weighted by Gasteiger charge is -2.32. The number of hydrogen-bond acceptors (Lipinski definition) is 4. The van der Waals surface area contributed by atoms with Gasteiger partial charge in [-0.25, -0.2) is 8.42 Å². The molecule has 0 aromatic heterocycles. The Labute approximate surface area is 251 Å². The molecule has 1 N–H and O–H groups in total. The van der Waals surface area contributed by atoms with Crippen molar-refractivity contribution in [3.05, 3.63) is 92.9 Å². The second-order valence-corrected chi connectivity index (χ2v) is 12.7. The lowest BCUT2D eigenvalue weighted by Crippen LogP contribution is -2.52. The number of nitrogens with one attached hydrogen (secondary N) is 1. The van der Waals surface area contributed by atoms with Crippen molar-refractivity contribution in [2.75, 3.05) is 10.8 Å². The van der Waals surface area contributed by atoms with Crippen LogP contribution in [0.25, 0.3) is 0 Å². The summed E-state index contributed by atoms with van der Waals surface area (Å²) in [5, 5.41) is 3.74. The topological polar surface area (TPSA) is 86.8 Å². The van der Waals surface area contributed by atoms with E-state index in [1.165, 1.54) is 35.2 Å². The van der Waals surface area contributed by atoms with Gasteiger partial charge in [-0.1, -0.05) is 71.6 Å². The Hall–Kier alpha value is -2.78. The Kier molecular flexibility index (Phi) is 10.9. The zero-order valence-electron chi connectivity index (χ0n) is 22.7. The molecule has 7 nitrogen and oxygen atoms in total. The molecule has 0 saturated carbocycles. The second-order valence-electron chi connectivity index (χ2n) is 9.57. The Morgan fingerprint density at radius 3 is 2.20 bits per heavy atom. The highest BCUT2D eigenvalue weighted by Gasteiger charge is 2.33. The van der Waals surface area contributed by atoms with E-state index in [1.54, 1.807) is 43.3 Å². The molecular weight excluding hydrogens is 593 g/mol. The zero-order chi connectivity index (χ0) is 29.6. The van der Waals surface area contributed by atoms with Gasteiger partial charge >= 0.3 is 0 Å². The number of nitrogens with zero attached hydrogens (tertiary/aromatic N) is 2. The number of aryl methyl sites for hydroxylation is 1. The average molecular weight is 625 g/mol. The highest BCUT2D eigenvalue weighted by atomic mass is 35.5. The summed E-state index contributed by atoms with van der Waals surface area (Å²) in [5.41, 5.74) is 1.72. The molecule has 0 unspecified atom stereocenters. The SMILES string of the molecule is CC[C@@H](C)NC(=O)[C@@H](C)N(Cc1cccc(Cl)c1)C(=O)CN(c1ccc(Cl)c(Cl)c1)S(=O)(=O)c1ccc(C)cc1. The lowest BCUT2D eigenvalue weighted by atomic mass is 10.1. The molecule has 3 rings (SSSR count). The first-order valence-electron chi connectivity index (χ1n) is 12.7. The molecule has 0 fully saturated rings. The molecule has 0 spiro atoms. The highest BCUT2D eigenvalue weighted by molar-refractivity contribution is 7.92. The van der Waals surface area contributed by atoms with E-state index in [9.17, 15) is 18.0 Å². The fraction of sp³-hybridized carbons (Fsp3) is 0.310. The normalized spacial score (nSPS) is 12.9. The zero-order valence-corrected chi connectivity index (χ0v) is 25.8. The molecule has 0 aliphatic carbocycles. The van der Waals surface area contributed by atoms with Crippen molar-refractivity contribution in [3.8, 4) is 0 Å². The van der Waals surface area contributed by atoms with Crippen LogP contribution in [0.5, 0.6) is 0 Å². The van der Waals surface area contributed by atoms with Gasteiger partial charge in [0.15, 0.2) is 0 Å². The molecule has 214 valence electrons. The maximum Gasteiger partial charge on any atom is 0.264 e. The third kappa shape index (κ3) is 7.91. The van der Waals surface area contributed by atoms with Crippen LogP contribution in [0.3, 0.4) is 0 Å². The van der Waals surface area contributed by atoms with Crippen LogP contribution in [0.15, 0.2) is 71.6 Å². The first kappa shape index (κ1) is 31.7. The van der Waals surface area contributed by atoms with Gasteiger partial charge in [-0.2, -0.15) is 0 Å². The average Bonchev–Trinajstić information content (AvgIpc) is 2.91. The van der Waals surface area contributed by atoms with Gasteiger partial charge in [0, 0.05) is 17.6 Å². The standard InChI is InChI=1S/C29H32Cl3N3O4S/c1-5-20(3)33-29(37)21(4)34(17-22-7-6-8-23(30)15-22)28(36)18-35(24-11-14-26(31)27(32)16-24)40(38,39)25-12-9-19(2)10-13-25/h6-16,20-21H,5,17-18H2,1-4H3,(H,33,37)/t20-,21-/m1/s1. The van der Waals surface area contributed by atoms with Gasteiger partial charge in [-0.05, 0) is 75.2 Å². The second kappa shape index (κ2) is 13.7. The summed E-state index contributed by atoms with van der Waals surface area (Å²) in [4.78, 5) is 28.4. The van der Waals surface area contributed by atoms with E-state index in [1.807, 2.05) is 20.8 Å². The summed E-state index contributed by atoms with van der Waals surface area (Å²) in [6, 6.07) is 16.6. The largest absolute Gasteiger partial charge is 0.352 e. The quantitative estimate of drug-likeness (QED) is 0.265. The Morgan fingerprint density at radius 2 is 1.60 bits per heavy atom. The van der Waals surface area contributed by atoms with Crippen LogP contribution in [0, 0.1) is 6.92 Å². The minimum absolute atomic E-state index is 0.000857. The number of carbonyl (C=O) groups excluding carboxylic acids is 2. The summed E-state index contributed by atoms with van der Waals surface area (Å²) in [6.45, 7) is 6.71. The molecule has 3 aromatic carbocycles. The van der Waals surface area contributed by atoms with Crippen molar-refractivity contribution < 1.29 is 18.0 Å². The van der Waals surface area contributed by atoms with Crippen molar-refractivity contribution in [1.82, 2.24) is 10.2 Å². The van der Waals surface area contributed by atoms with E-state index in [-0.39, 0.29) is 39.1 Å². The number of anilines is 1. The van der Waals surface area contributed by atoms with Crippen molar-refractivity contribution in [3.63, 3.8) is 0 Å². The van der Waals surface area contributed by atoms with Gasteiger partial charge in [-0.15, -0.1) is 0 Å². The summed E-state index contributed by atoms with van der Waals surface area (Å²) in [5.74, 6) is -0.944. The highest BCUT2D eigenvalue weighted by Crippen LogP contribution is 2.31. The third-order valence-corrected chi connectivity index (χ3v) is 9.25. The van der Waals surface area contributed by atoms with Crippen LogP contribution in [0.2, 0.25) is 15.1 Å². The summed E-state index contributed by atoms with van der Waals surface area (Å²) in [7, 11) is -4.22. The molecule has 0 saturated heterocycles. The number of rotatable bonds is 11. The molecular formula is C29H32Cl3N3O4S. The van der Waals surface area contributed by atoms with E-state index < -0.39 is 28.5 Å². The first-order chi connectivity index (χ1) is 18.8. The number of carbonyl (C=O) groups is 2. The molecule has 3 aromatic rings. The summed E-state index contributed by atoms with van der Waals surface area (Å²) < 4.78 is 28.7. The predicted molar refractivity (Wildman–Crippen MR) is 162 cm³/mol. The van der Waals surface area contributed by atoms with E-state index >= 15 is 0 Å². The Bertz CT molecular complexity index is 1470. The number of benzene rings is 3. The van der Waals surface area contributed by atoms with Gasteiger partial charge in [0.2, 0.25) is 11.8 Å². The van der Waals surface area contributed by atoms with E-state index in [0.29, 0.717) is 17.0 Å². The summed E-state index contributed by atoms with van der Waals surface area (Å²) >= 11 is 18.5. The Morgan fingerprint density at radius 1 is 0.925 bits per heavy atom. The van der Waals surface area contributed by atoms with Gasteiger partial charge < -0.3 is 10.2 Å². The molecule has 2 amide bonds. The molecule has 0 heterocycles. The molecule has 0 radical (unpaired) electrons. The minimum atomic E-state index is -4.22. The van der Waals surface area contributed by atoms with Crippen molar-refractivity contribution in [1.29, 1.82) is 0 Å². The van der Waals surface area contributed by atoms with Gasteiger partial charge in [0.1, 0.15) is 12.6 Å². The number of halogens is 3. The first-order valence-corrected chi connectivity index (χ1v) is 15.3. The third-order valence-electron chi connectivity index (χ3n) is 6.49. The molecule has 0 aliphatic rings. The number of hydrogen-bond donors (Lipinski definition) is 1. The van der Waals surface area contributed by atoms with Crippen LogP contribution in [-0.4, -0.2) is 43.8 Å². The smallest absolute Gasteiger partial charge is 0.264 e. The van der Waals surface area contributed by atoms with Gasteiger partial charge in [0.05, 0.1) is 20.6 Å². The minimum Gasteiger partial charge on any atom is -0.352 e. The molecule has 2 atom stereocenters. The van der Waals surface area contributed by atoms with Crippen LogP contribution in [0.4, 0.5) is 5.69 Å². The summed E-state index contributed by atoms with van der Waals surface area (Å²) in [6.07, 6.45) is 0.709. The fourth-order valence-electron chi connectivity index (χ4n) is 3.89. The predicted octanol–water partition coefficient (Wildman–Crippen LogP) is 6.48. The monoisotopic (exact) mass is 623 g/mol. The van der Waals surface area contributed by atoms with Crippen molar-refractivity contribution >= 4 is 62.3 Å². The van der Waals surface area contributed by atoms with Crippen molar-refractivity contribution in [2.24, 2.45) is 0 Å². The Balaban J connectivity index is 2.05. The van der Waals surface area contributed by atoms with E-state index in [2.05, 4.69) is 5.32 Å². The molecule has 0 bridgehead atoms. The maximum absolute atomic E-state index is 13.9. The molecule has 0 aliphatic heterocycles. The van der Waals surface area contributed by atoms with Crippen LogP contribution in [-0.2, 0) is 26.2 Å². The van der Waals surface area contributed by atoms with Gasteiger partial charge in [0.25, 0.3) is 10.0 Å². The molecule has 11 heteroatoms. The number of amides is 2. The maximum atomic E-state index is 13.9. The van der Waals surface area contributed by atoms with E-state index in [0.717, 1.165) is 9.87 Å². The van der Waals surface area contributed by atoms with Crippen LogP contribution < -0.4 is 9.62 Å².